The van der Waals surface area contributed by atoms with Gasteiger partial charge in [-0.25, -0.2) is 9.18 Å². The molecule has 0 spiro atoms. The number of aryl methyl sites for hydroxylation is 1. The Morgan fingerprint density at radius 1 is 1.31 bits per heavy atom. The maximum absolute atomic E-state index is 13.0. The van der Waals surface area contributed by atoms with Gasteiger partial charge in [-0.05, 0) is 52.0 Å². The van der Waals surface area contributed by atoms with Gasteiger partial charge in [-0.2, -0.15) is 4.98 Å². The lowest BCUT2D eigenvalue weighted by Gasteiger charge is -2.20. The van der Waals surface area contributed by atoms with Crippen LogP contribution in [-0.2, 0) is 4.74 Å². The highest BCUT2D eigenvalue weighted by molar-refractivity contribution is 5.68. The molecule has 2 rings (SSSR count). The molecule has 0 radical (unpaired) electrons. The number of alkyl carbamates (subject to hydrolysis) is 1. The molecule has 0 unspecified atom stereocenters. The van der Waals surface area contributed by atoms with Crippen LogP contribution in [0.15, 0.2) is 40.7 Å². The van der Waals surface area contributed by atoms with Crippen molar-refractivity contribution >= 4 is 6.09 Å². The van der Waals surface area contributed by atoms with Crippen molar-refractivity contribution in [1.29, 1.82) is 0 Å². The molecule has 7 nitrogen and oxygen atoms in total. The van der Waals surface area contributed by atoms with Crippen LogP contribution < -0.4 is 10.1 Å². The molecule has 0 atom stereocenters. The predicted molar refractivity (Wildman–Crippen MR) is 93.4 cm³/mol. The van der Waals surface area contributed by atoms with Gasteiger partial charge in [0.25, 0.3) is 5.89 Å². The molecule has 0 fully saturated rings. The molecule has 26 heavy (non-hydrogen) atoms. The molecule has 8 heteroatoms. The van der Waals surface area contributed by atoms with Gasteiger partial charge in [0, 0.05) is 17.7 Å². The fourth-order valence-corrected chi connectivity index (χ4v) is 1.91. The minimum atomic E-state index is -0.615. The second-order valence-electron chi connectivity index (χ2n) is 6.58. The van der Waals surface area contributed by atoms with Crippen molar-refractivity contribution in [3.05, 3.63) is 42.0 Å². The van der Waals surface area contributed by atoms with E-state index in [-0.39, 0.29) is 18.7 Å². The highest BCUT2D eigenvalue weighted by atomic mass is 19.1. The summed E-state index contributed by atoms with van der Waals surface area (Å²) in [5, 5.41) is 6.21. The van der Waals surface area contributed by atoms with Gasteiger partial charge in [-0.1, -0.05) is 5.16 Å². The number of nitrogens with zero attached hydrogens (tertiary/aromatic N) is 2. The Labute approximate surface area is 151 Å². The highest BCUT2D eigenvalue weighted by Crippen LogP contribution is 2.21. The summed E-state index contributed by atoms with van der Waals surface area (Å²) in [6.07, 6.45) is -0.205. The van der Waals surface area contributed by atoms with Gasteiger partial charge in [0.1, 0.15) is 18.0 Å². The molecule has 0 bridgehead atoms. The molecule has 0 aliphatic heterocycles. The van der Waals surface area contributed by atoms with Crippen LogP contribution in [0.3, 0.4) is 0 Å². The van der Waals surface area contributed by atoms with Crippen molar-refractivity contribution in [3.8, 4) is 17.2 Å². The van der Waals surface area contributed by atoms with E-state index < -0.39 is 11.7 Å². The molecule has 2 aromatic rings. The summed E-state index contributed by atoms with van der Waals surface area (Å²) in [5.41, 5.74) is 0.414. The number of aromatic nitrogens is 2. The highest BCUT2D eigenvalue weighted by Gasteiger charge is 2.16. The Kier molecular flexibility index (Phi) is 6.32. The Morgan fingerprint density at radius 2 is 2.00 bits per heavy atom. The zero-order chi connectivity index (χ0) is 19.2. The van der Waals surface area contributed by atoms with Crippen molar-refractivity contribution in [2.45, 2.75) is 33.3 Å². The van der Waals surface area contributed by atoms with Crippen LogP contribution in [0.1, 0.15) is 26.6 Å². The average molecular weight is 363 g/mol. The third-order valence-electron chi connectivity index (χ3n) is 3.07. The summed E-state index contributed by atoms with van der Waals surface area (Å²) in [6.45, 7) is 6.97. The molecule has 140 valence electrons. The number of nitrogens with one attached hydrogen (secondary N) is 1. The monoisotopic (exact) mass is 363 g/mol. The average Bonchev–Trinajstić information content (AvgIpc) is 3.00. The van der Waals surface area contributed by atoms with Crippen LogP contribution in [0, 0.1) is 6.92 Å². The van der Waals surface area contributed by atoms with E-state index in [2.05, 4.69) is 15.5 Å². The zero-order valence-electron chi connectivity index (χ0n) is 15.2. The molecule has 1 aromatic heterocycles. The second kappa shape index (κ2) is 8.46. The van der Waals surface area contributed by atoms with Crippen LogP contribution in [-0.4, -0.2) is 35.0 Å². The lowest BCUT2D eigenvalue weighted by molar-refractivity contribution is 0.0531. The van der Waals surface area contributed by atoms with E-state index in [0.717, 1.165) is 5.56 Å². The van der Waals surface area contributed by atoms with Gasteiger partial charge in [-0.3, -0.25) is 0 Å². The lowest BCUT2D eigenvalue weighted by atomic mass is 10.2. The van der Waals surface area contributed by atoms with Gasteiger partial charge in [-0.15, -0.1) is 0 Å². The summed E-state index contributed by atoms with van der Waals surface area (Å²) in [5.74, 6) is 1.51. The third kappa shape index (κ3) is 6.19. The SMILES string of the molecule is Cc1noc(-c2ccc(OC/C(=C/F)CNC(=O)OC(C)(C)C)cc2)n1. The molecular formula is C18H22FN3O4. The number of hydrogen-bond acceptors (Lipinski definition) is 6. The third-order valence-corrected chi connectivity index (χ3v) is 3.07. The Morgan fingerprint density at radius 3 is 2.54 bits per heavy atom. The molecular weight excluding hydrogens is 341 g/mol. The van der Waals surface area contributed by atoms with Gasteiger partial charge in [0.05, 0.1) is 6.33 Å². The van der Waals surface area contributed by atoms with E-state index in [4.69, 9.17) is 14.0 Å². The number of hydrogen-bond donors (Lipinski definition) is 1. The van der Waals surface area contributed by atoms with Crippen molar-refractivity contribution in [1.82, 2.24) is 15.5 Å². The maximum atomic E-state index is 13.0. The number of rotatable bonds is 6. The van der Waals surface area contributed by atoms with E-state index in [1.807, 2.05) is 0 Å². The molecule has 1 heterocycles. The number of amides is 1. The second-order valence-corrected chi connectivity index (χ2v) is 6.58. The smallest absolute Gasteiger partial charge is 0.407 e. The number of carbonyl (C=O) groups excluding carboxylic acids is 1. The Balaban J connectivity index is 1.83. The minimum Gasteiger partial charge on any atom is -0.489 e. The number of ether oxygens (including phenoxy) is 2. The Hall–Kier alpha value is -2.90. The number of halogens is 1. The van der Waals surface area contributed by atoms with Gasteiger partial charge in [0.15, 0.2) is 5.82 Å². The summed E-state index contributed by atoms with van der Waals surface area (Å²) in [4.78, 5) is 15.7. The number of carbonyl (C=O) groups is 1. The van der Waals surface area contributed by atoms with Crippen LogP contribution in [0.4, 0.5) is 9.18 Å². The van der Waals surface area contributed by atoms with Gasteiger partial charge < -0.3 is 19.3 Å². The first-order valence-corrected chi connectivity index (χ1v) is 8.05. The first-order valence-electron chi connectivity index (χ1n) is 8.05. The van der Waals surface area contributed by atoms with Crippen LogP contribution >= 0.6 is 0 Å². The molecule has 0 saturated carbocycles. The molecule has 0 aliphatic rings. The van der Waals surface area contributed by atoms with E-state index in [1.165, 1.54) is 0 Å². The van der Waals surface area contributed by atoms with E-state index >= 15 is 0 Å². The quantitative estimate of drug-likeness (QED) is 0.840. The molecule has 1 N–H and O–H groups in total. The van der Waals surface area contributed by atoms with Crippen molar-refractivity contribution in [3.63, 3.8) is 0 Å². The van der Waals surface area contributed by atoms with Gasteiger partial charge in [0.2, 0.25) is 0 Å². The van der Waals surface area contributed by atoms with Crippen molar-refractivity contribution in [2.75, 3.05) is 13.2 Å². The summed E-state index contributed by atoms with van der Waals surface area (Å²) in [6, 6.07) is 6.96. The van der Waals surface area contributed by atoms with Crippen LogP contribution in [0.2, 0.25) is 0 Å². The van der Waals surface area contributed by atoms with Crippen LogP contribution in [0.25, 0.3) is 11.5 Å². The molecule has 1 amide bonds. The topological polar surface area (TPSA) is 86.5 Å². The summed E-state index contributed by atoms with van der Waals surface area (Å²) in [7, 11) is 0. The minimum absolute atomic E-state index is 0.00862. The van der Waals surface area contributed by atoms with Crippen molar-refractivity contribution < 1.29 is 23.2 Å². The summed E-state index contributed by atoms with van der Waals surface area (Å²) >= 11 is 0. The normalized spacial score (nSPS) is 12.0. The van der Waals surface area contributed by atoms with E-state index in [1.54, 1.807) is 52.0 Å². The molecule has 0 aliphatic carbocycles. The Bertz CT molecular complexity index is 763. The fraction of sp³-hybridized carbons (Fsp3) is 0.389. The standard InChI is InChI=1S/C18H22FN3O4/c1-12-21-16(26-22-12)14-5-7-15(8-6-14)24-11-13(9-19)10-20-17(23)25-18(2,3)4/h5-9H,10-11H2,1-4H3,(H,20,23)/b13-9+. The first-order chi connectivity index (χ1) is 12.3. The fourth-order valence-electron chi connectivity index (χ4n) is 1.91. The van der Waals surface area contributed by atoms with E-state index in [9.17, 15) is 9.18 Å². The molecule has 1 aromatic carbocycles. The van der Waals surface area contributed by atoms with Gasteiger partial charge >= 0.3 is 6.09 Å². The maximum Gasteiger partial charge on any atom is 0.407 e. The number of benzene rings is 1. The van der Waals surface area contributed by atoms with Crippen LogP contribution in [0.5, 0.6) is 5.75 Å². The lowest BCUT2D eigenvalue weighted by Crippen LogP contribution is -2.34. The summed E-state index contributed by atoms with van der Waals surface area (Å²) < 4.78 is 28.7. The zero-order valence-corrected chi connectivity index (χ0v) is 15.2. The van der Waals surface area contributed by atoms with E-state index in [0.29, 0.717) is 23.8 Å². The largest absolute Gasteiger partial charge is 0.489 e. The predicted octanol–water partition coefficient (Wildman–Crippen LogP) is 3.80. The first kappa shape index (κ1) is 19.4. The molecule has 0 saturated heterocycles. The van der Waals surface area contributed by atoms with Crippen molar-refractivity contribution in [2.24, 2.45) is 0 Å².